The number of nitrogens with zero attached hydrogens (tertiary/aromatic N) is 1. The number of H-pyrrole nitrogens is 1. The van der Waals surface area contributed by atoms with Gasteiger partial charge in [-0.1, -0.05) is 13.0 Å². The summed E-state index contributed by atoms with van der Waals surface area (Å²) in [5.41, 5.74) is 1.87. The minimum absolute atomic E-state index is 0.191. The van der Waals surface area contributed by atoms with E-state index in [-0.39, 0.29) is 5.91 Å². The highest BCUT2D eigenvalue weighted by Crippen LogP contribution is 2.25. The third-order valence-electron chi connectivity index (χ3n) is 4.18. The van der Waals surface area contributed by atoms with Gasteiger partial charge in [-0.25, -0.2) is 0 Å². The van der Waals surface area contributed by atoms with Crippen molar-refractivity contribution in [2.24, 2.45) is 0 Å². The lowest BCUT2D eigenvalue weighted by atomic mass is 9.98. The van der Waals surface area contributed by atoms with Crippen LogP contribution in [-0.2, 0) is 0 Å². The number of carbonyl (C=O) groups is 1. The molecule has 1 aliphatic rings. The largest absolute Gasteiger partial charge is 0.361 e. The van der Waals surface area contributed by atoms with Crippen LogP contribution in [0.15, 0.2) is 30.5 Å². The third-order valence-corrected chi connectivity index (χ3v) is 4.18. The number of carbonyl (C=O) groups excluding carboxylic acids is 1. The van der Waals surface area contributed by atoms with Crippen molar-refractivity contribution in [2.45, 2.75) is 38.6 Å². The summed E-state index contributed by atoms with van der Waals surface area (Å²) < 4.78 is 0. The van der Waals surface area contributed by atoms with Gasteiger partial charge in [0.05, 0.1) is 0 Å². The molecule has 3 rings (SSSR count). The van der Waals surface area contributed by atoms with Crippen molar-refractivity contribution in [1.29, 1.82) is 0 Å². The molecular formula is C16H20N2O. The molecule has 0 spiro atoms. The van der Waals surface area contributed by atoms with E-state index in [1.165, 1.54) is 6.42 Å². The maximum Gasteiger partial charge on any atom is 0.254 e. The second kappa shape index (κ2) is 5.08. The Morgan fingerprint density at radius 3 is 3.11 bits per heavy atom. The van der Waals surface area contributed by atoms with Crippen LogP contribution >= 0.6 is 0 Å². The Labute approximate surface area is 113 Å². The van der Waals surface area contributed by atoms with Gasteiger partial charge in [0.1, 0.15) is 0 Å². The first-order valence-corrected chi connectivity index (χ1v) is 7.18. The van der Waals surface area contributed by atoms with Crippen LogP contribution in [0.2, 0.25) is 0 Å². The molecule has 1 saturated heterocycles. The number of hydrogen-bond donors (Lipinski definition) is 1. The lowest BCUT2D eigenvalue weighted by Crippen LogP contribution is -2.43. The van der Waals surface area contributed by atoms with Gasteiger partial charge in [0.25, 0.3) is 5.91 Å². The highest BCUT2D eigenvalue weighted by Gasteiger charge is 2.26. The van der Waals surface area contributed by atoms with E-state index in [0.29, 0.717) is 6.04 Å². The van der Waals surface area contributed by atoms with Crippen molar-refractivity contribution >= 4 is 16.8 Å². The monoisotopic (exact) mass is 256 g/mol. The lowest BCUT2D eigenvalue weighted by molar-refractivity contribution is 0.0610. The van der Waals surface area contributed by atoms with Crippen LogP contribution in [0.25, 0.3) is 10.9 Å². The summed E-state index contributed by atoms with van der Waals surface area (Å²) in [6, 6.07) is 8.32. The van der Waals surface area contributed by atoms with Gasteiger partial charge in [-0.3, -0.25) is 4.79 Å². The predicted molar refractivity (Wildman–Crippen MR) is 77.3 cm³/mol. The summed E-state index contributed by atoms with van der Waals surface area (Å²) in [4.78, 5) is 18.0. The molecule has 0 saturated carbocycles. The molecule has 3 heteroatoms. The highest BCUT2D eigenvalue weighted by atomic mass is 16.2. The van der Waals surface area contributed by atoms with Crippen molar-refractivity contribution in [1.82, 2.24) is 9.88 Å². The number of piperidine rings is 1. The van der Waals surface area contributed by atoms with Gasteiger partial charge in [-0.15, -0.1) is 0 Å². The van der Waals surface area contributed by atoms with Gasteiger partial charge in [0.15, 0.2) is 0 Å². The normalized spacial score (nSPS) is 19.8. The molecule has 1 aromatic carbocycles. The number of benzene rings is 1. The van der Waals surface area contributed by atoms with Gasteiger partial charge in [0, 0.05) is 35.2 Å². The van der Waals surface area contributed by atoms with Crippen LogP contribution in [0, 0.1) is 0 Å². The Bertz CT molecular complexity index is 587. The topological polar surface area (TPSA) is 36.1 Å². The van der Waals surface area contributed by atoms with Gasteiger partial charge in [-0.2, -0.15) is 0 Å². The highest BCUT2D eigenvalue weighted by molar-refractivity contribution is 6.06. The van der Waals surface area contributed by atoms with E-state index in [1.54, 1.807) is 0 Å². The fraction of sp³-hybridized carbons (Fsp3) is 0.438. The molecular weight excluding hydrogens is 236 g/mol. The molecule has 1 atom stereocenters. The number of likely N-dealkylation sites (tertiary alicyclic amines) is 1. The Hall–Kier alpha value is -1.77. The van der Waals surface area contributed by atoms with E-state index in [0.717, 1.165) is 42.3 Å². The van der Waals surface area contributed by atoms with E-state index in [4.69, 9.17) is 0 Å². The Balaban J connectivity index is 1.96. The van der Waals surface area contributed by atoms with Crippen LogP contribution in [0.5, 0.6) is 0 Å². The summed E-state index contributed by atoms with van der Waals surface area (Å²) in [6.45, 7) is 3.07. The minimum atomic E-state index is 0.191. The predicted octanol–water partition coefficient (Wildman–Crippen LogP) is 3.57. The van der Waals surface area contributed by atoms with E-state index in [2.05, 4.69) is 16.8 Å². The van der Waals surface area contributed by atoms with Crippen LogP contribution in [0.4, 0.5) is 0 Å². The van der Waals surface area contributed by atoms with Crippen LogP contribution in [0.3, 0.4) is 0 Å². The number of hydrogen-bond acceptors (Lipinski definition) is 1. The number of amides is 1. The molecule has 19 heavy (non-hydrogen) atoms. The van der Waals surface area contributed by atoms with Crippen LogP contribution in [-0.4, -0.2) is 28.4 Å². The molecule has 100 valence electrons. The average molecular weight is 256 g/mol. The first kappa shape index (κ1) is 12.3. The van der Waals surface area contributed by atoms with Crippen molar-refractivity contribution in [3.8, 4) is 0 Å². The maximum atomic E-state index is 12.8. The van der Waals surface area contributed by atoms with Crippen LogP contribution in [0.1, 0.15) is 43.0 Å². The molecule has 3 nitrogen and oxygen atoms in total. The molecule has 0 bridgehead atoms. The zero-order valence-corrected chi connectivity index (χ0v) is 11.4. The summed E-state index contributed by atoms with van der Waals surface area (Å²) >= 11 is 0. The van der Waals surface area contributed by atoms with Crippen molar-refractivity contribution in [3.63, 3.8) is 0 Å². The van der Waals surface area contributed by atoms with E-state index in [1.807, 2.05) is 30.5 Å². The van der Waals surface area contributed by atoms with Gasteiger partial charge in [0.2, 0.25) is 0 Å². The third kappa shape index (κ3) is 2.14. The van der Waals surface area contributed by atoms with Gasteiger partial charge < -0.3 is 9.88 Å². The smallest absolute Gasteiger partial charge is 0.254 e. The molecule has 1 fully saturated rings. The lowest BCUT2D eigenvalue weighted by Gasteiger charge is -2.35. The SMILES string of the molecule is CCC1CCCCN1C(=O)c1cccc2[nH]ccc12. The van der Waals surface area contributed by atoms with Crippen molar-refractivity contribution < 1.29 is 4.79 Å². The fourth-order valence-corrected chi connectivity index (χ4v) is 3.12. The molecule has 1 aliphatic heterocycles. The van der Waals surface area contributed by atoms with E-state index >= 15 is 0 Å². The molecule has 0 aliphatic carbocycles. The Kier molecular flexibility index (Phi) is 3.28. The second-order valence-electron chi connectivity index (χ2n) is 5.30. The fourth-order valence-electron chi connectivity index (χ4n) is 3.12. The number of aromatic amines is 1. The minimum Gasteiger partial charge on any atom is -0.361 e. The number of aromatic nitrogens is 1. The Morgan fingerprint density at radius 2 is 2.26 bits per heavy atom. The number of nitrogens with one attached hydrogen (secondary N) is 1. The number of rotatable bonds is 2. The summed E-state index contributed by atoms with van der Waals surface area (Å²) in [6.07, 6.45) is 6.47. The first-order valence-electron chi connectivity index (χ1n) is 7.18. The average Bonchev–Trinajstić information content (AvgIpc) is 2.94. The van der Waals surface area contributed by atoms with Crippen molar-refractivity contribution in [3.05, 3.63) is 36.0 Å². The zero-order chi connectivity index (χ0) is 13.2. The van der Waals surface area contributed by atoms with Gasteiger partial charge in [-0.05, 0) is 43.9 Å². The molecule has 2 heterocycles. The molecule has 0 radical (unpaired) electrons. The molecule has 1 amide bonds. The van der Waals surface area contributed by atoms with Gasteiger partial charge >= 0.3 is 0 Å². The zero-order valence-electron chi connectivity index (χ0n) is 11.4. The quantitative estimate of drug-likeness (QED) is 0.876. The summed E-state index contributed by atoms with van der Waals surface area (Å²) in [5, 5.41) is 1.04. The molecule has 2 aromatic rings. The summed E-state index contributed by atoms with van der Waals surface area (Å²) in [5.74, 6) is 0.191. The Morgan fingerprint density at radius 1 is 1.37 bits per heavy atom. The maximum absolute atomic E-state index is 12.8. The second-order valence-corrected chi connectivity index (χ2v) is 5.30. The molecule has 1 N–H and O–H groups in total. The van der Waals surface area contributed by atoms with Crippen molar-refractivity contribution in [2.75, 3.05) is 6.54 Å². The molecule has 1 aromatic heterocycles. The molecule has 1 unspecified atom stereocenters. The van der Waals surface area contributed by atoms with E-state index in [9.17, 15) is 4.79 Å². The standard InChI is InChI=1S/C16H20N2O/c1-2-12-6-3-4-11-18(12)16(19)14-7-5-8-15-13(14)9-10-17-15/h5,7-10,12,17H,2-4,6,11H2,1H3. The first-order chi connectivity index (χ1) is 9.31. The summed E-state index contributed by atoms with van der Waals surface area (Å²) in [7, 11) is 0. The van der Waals surface area contributed by atoms with E-state index < -0.39 is 0 Å². The number of fused-ring (bicyclic) bond motifs is 1. The van der Waals surface area contributed by atoms with Crippen LogP contribution < -0.4 is 0 Å².